The summed E-state index contributed by atoms with van der Waals surface area (Å²) in [4.78, 5) is 36.9. The minimum atomic E-state index is -1.06. The molecular weight excluding hydrogens is 292 g/mol. The van der Waals surface area contributed by atoms with E-state index in [2.05, 4.69) is 6.92 Å². The van der Waals surface area contributed by atoms with Crippen molar-refractivity contribution in [1.29, 1.82) is 0 Å². The fourth-order valence-electron chi connectivity index (χ4n) is 6.11. The van der Waals surface area contributed by atoms with Gasteiger partial charge < -0.3 is 5.11 Å². The third-order valence-electron chi connectivity index (χ3n) is 7.69. The summed E-state index contributed by atoms with van der Waals surface area (Å²) in [5.41, 5.74) is -1.40. The maximum Gasteiger partial charge on any atom is 0.159 e. The summed E-state index contributed by atoms with van der Waals surface area (Å²) < 4.78 is 0. The van der Waals surface area contributed by atoms with Gasteiger partial charge in [0.05, 0.1) is 11.0 Å². The van der Waals surface area contributed by atoms with Crippen molar-refractivity contribution < 1.29 is 19.5 Å². The first-order valence-electron chi connectivity index (χ1n) is 8.76. The van der Waals surface area contributed by atoms with E-state index in [0.29, 0.717) is 37.7 Å². The highest BCUT2D eigenvalue weighted by molar-refractivity contribution is 6.06. The van der Waals surface area contributed by atoms with Crippen molar-refractivity contribution >= 4 is 17.3 Å². The Kier molecular flexibility index (Phi) is 2.92. The topological polar surface area (TPSA) is 71.4 Å². The van der Waals surface area contributed by atoms with Crippen molar-refractivity contribution in [3.05, 3.63) is 11.6 Å². The zero-order valence-electron chi connectivity index (χ0n) is 13.9. The molecule has 1 N–H and O–H groups in total. The van der Waals surface area contributed by atoms with E-state index in [1.165, 1.54) is 0 Å². The summed E-state index contributed by atoms with van der Waals surface area (Å²) in [6.07, 6.45) is 5.43. The molecule has 23 heavy (non-hydrogen) atoms. The van der Waals surface area contributed by atoms with E-state index < -0.39 is 11.0 Å². The number of allylic oxidation sites excluding steroid dienone is 1. The van der Waals surface area contributed by atoms with Gasteiger partial charge in [-0.15, -0.1) is 0 Å². The summed E-state index contributed by atoms with van der Waals surface area (Å²) in [5, 5.41) is 11.5. The number of rotatable bonds is 0. The lowest BCUT2D eigenvalue weighted by molar-refractivity contribution is -0.181. The van der Waals surface area contributed by atoms with Gasteiger partial charge in [-0.25, -0.2) is 0 Å². The molecule has 3 fully saturated rings. The Labute approximate surface area is 136 Å². The van der Waals surface area contributed by atoms with Crippen LogP contribution in [0.5, 0.6) is 0 Å². The van der Waals surface area contributed by atoms with E-state index in [0.717, 1.165) is 6.42 Å². The number of aliphatic hydroxyl groups is 1. The quantitative estimate of drug-likeness (QED) is 0.745. The lowest BCUT2D eigenvalue weighted by atomic mass is 9.45. The highest BCUT2D eigenvalue weighted by Crippen LogP contribution is 2.65. The molecule has 0 spiro atoms. The van der Waals surface area contributed by atoms with Crippen molar-refractivity contribution in [3.8, 4) is 0 Å². The van der Waals surface area contributed by atoms with E-state index in [1.807, 2.05) is 6.92 Å². The van der Waals surface area contributed by atoms with Gasteiger partial charge in [-0.3, -0.25) is 14.4 Å². The number of fused-ring (bicyclic) bond motifs is 5. The Bertz CT molecular complexity index is 662. The molecule has 4 aliphatic rings. The van der Waals surface area contributed by atoms with Crippen molar-refractivity contribution in [2.24, 2.45) is 22.7 Å². The van der Waals surface area contributed by atoms with Crippen molar-refractivity contribution in [1.82, 2.24) is 0 Å². The molecule has 0 aromatic carbocycles. The Morgan fingerprint density at radius 3 is 2.52 bits per heavy atom. The third kappa shape index (κ3) is 1.68. The van der Waals surface area contributed by atoms with Gasteiger partial charge in [-0.2, -0.15) is 0 Å². The van der Waals surface area contributed by atoms with E-state index in [1.54, 1.807) is 6.08 Å². The first-order valence-corrected chi connectivity index (χ1v) is 8.76. The number of ketones is 3. The number of hydrogen-bond acceptors (Lipinski definition) is 4. The van der Waals surface area contributed by atoms with E-state index in [9.17, 15) is 19.5 Å². The second-order valence-corrected chi connectivity index (χ2v) is 8.50. The lowest BCUT2D eigenvalue weighted by Crippen LogP contribution is -2.62. The SMILES string of the molecule is C[C@]12CCC(=O)C=C1C(=O)C[C@@H]1[C@@H]2CC[C@]2(C)C(=O)CCC12O. The van der Waals surface area contributed by atoms with Gasteiger partial charge in [0.2, 0.25) is 0 Å². The van der Waals surface area contributed by atoms with Crippen LogP contribution in [-0.4, -0.2) is 28.1 Å². The Morgan fingerprint density at radius 1 is 1.04 bits per heavy atom. The van der Waals surface area contributed by atoms with Crippen LogP contribution in [0.15, 0.2) is 11.6 Å². The van der Waals surface area contributed by atoms with Gasteiger partial charge in [-0.05, 0) is 55.9 Å². The molecule has 0 aliphatic heterocycles. The number of Topliss-reactive ketones (excluding diaryl/α,β-unsaturated/α-hetero) is 2. The second-order valence-electron chi connectivity index (χ2n) is 8.50. The van der Waals surface area contributed by atoms with Crippen LogP contribution in [0, 0.1) is 22.7 Å². The molecule has 4 aliphatic carbocycles. The van der Waals surface area contributed by atoms with Crippen LogP contribution in [0.25, 0.3) is 0 Å². The van der Waals surface area contributed by atoms with Gasteiger partial charge in [-0.1, -0.05) is 6.92 Å². The van der Waals surface area contributed by atoms with Crippen LogP contribution in [-0.2, 0) is 14.4 Å². The first kappa shape index (κ1) is 15.3. The molecule has 0 bridgehead atoms. The average Bonchev–Trinajstić information content (AvgIpc) is 2.74. The molecular formula is C19H24O4. The van der Waals surface area contributed by atoms with Crippen LogP contribution >= 0.6 is 0 Å². The molecule has 124 valence electrons. The molecule has 3 saturated carbocycles. The number of hydrogen-bond donors (Lipinski definition) is 1. The van der Waals surface area contributed by atoms with Gasteiger partial charge in [0, 0.05) is 24.8 Å². The van der Waals surface area contributed by atoms with E-state index in [-0.39, 0.29) is 41.0 Å². The molecule has 0 amide bonds. The summed E-state index contributed by atoms with van der Waals surface area (Å²) in [6.45, 7) is 3.98. The first-order chi connectivity index (χ1) is 10.7. The molecule has 4 nitrogen and oxygen atoms in total. The minimum absolute atomic E-state index is 0.00109. The van der Waals surface area contributed by atoms with E-state index in [4.69, 9.17) is 0 Å². The van der Waals surface area contributed by atoms with Crippen LogP contribution in [0.1, 0.15) is 58.8 Å². The predicted molar refractivity (Wildman–Crippen MR) is 83.6 cm³/mol. The van der Waals surface area contributed by atoms with Crippen LogP contribution in [0.2, 0.25) is 0 Å². The molecule has 0 aromatic heterocycles. The van der Waals surface area contributed by atoms with Gasteiger partial charge in [0.1, 0.15) is 5.78 Å². The molecule has 1 unspecified atom stereocenters. The smallest absolute Gasteiger partial charge is 0.159 e. The van der Waals surface area contributed by atoms with Gasteiger partial charge in [0.25, 0.3) is 0 Å². The molecule has 5 atom stereocenters. The molecule has 0 radical (unpaired) electrons. The van der Waals surface area contributed by atoms with Crippen molar-refractivity contribution in [3.63, 3.8) is 0 Å². The lowest BCUT2D eigenvalue weighted by Gasteiger charge is -2.59. The normalized spacial score (nSPS) is 49.3. The third-order valence-corrected chi connectivity index (χ3v) is 7.69. The molecule has 4 rings (SSSR count). The second kappa shape index (κ2) is 4.41. The molecule has 0 heterocycles. The summed E-state index contributed by atoms with van der Waals surface area (Å²) in [5.74, 6) is 0.216. The fraction of sp³-hybridized carbons (Fsp3) is 0.737. The van der Waals surface area contributed by atoms with Gasteiger partial charge in [0.15, 0.2) is 11.6 Å². The highest BCUT2D eigenvalue weighted by atomic mass is 16.3. The Balaban J connectivity index is 1.81. The Morgan fingerprint density at radius 2 is 1.78 bits per heavy atom. The van der Waals surface area contributed by atoms with Crippen molar-refractivity contribution in [2.45, 2.75) is 64.4 Å². The molecule has 4 heteroatoms. The zero-order chi connectivity index (χ0) is 16.6. The monoisotopic (exact) mass is 316 g/mol. The average molecular weight is 316 g/mol. The largest absolute Gasteiger partial charge is 0.389 e. The number of carbonyl (C=O) groups is 3. The summed E-state index contributed by atoms with van der Waals surface area (Å²) in [6, 6.07) is 0. The van der Waals surface area contributed by atoms with Gasteiger partial charge >= 0.3 is 0 Å². The van der Waals surface area contributed by atoms with Crippen LogP contribution in [0.4, 0.5) is 0 Å². The van der Waals surface area contributed by atoms with Crippen molar-refractivity contribution in [2.75, 3.05) is 0 Å². The summed E-state index contributed by atoms with van der Waals surface area (Å²) in [7, 11) is 0. The Hall–Kier alpha value is -1.29. The standard InChI is InChI=1S/C19H24O4/c1-17-6-3-11(20)9-14(17)15(21)10-13-12(17)4-7-18(2)16(22)5-8-19(13,18)23/h9,12-13,23H,3-8,10H2,1-2H3/t12-,13+,17+,18+,19?/m0/s1. The minimum Gasteiger partial charge on any atom is -0.389 e. The molecule has 0 aromatic rings. The summed E-state index contributed by atoms with van der Waals surface area (Å²) >= 11 is 0. The van der Waals surface area contributed by atoms with E-state index >= 15 is 0 Å². The highest BCUT2D eigenvalue weighted by Gasteiger charge is 2.67. The van der Waals surface area contributed by atoms with Crippen LogP contribution in [0.3, 0.4) is 0 Å². The zero-order valence-corrected chi connectivity index (χ0v) is 13.9. The number of carbonyl (C=O) groups excluding carboxylic acids is 3. The maximum absolute atomic E-state index is 12.7. The molecule has 0 saturated heterocycles. The predicted octanol–water partition coefficient (Wildman–Crippen LogP) is 2.38. The van der Waals surface area contributed by atoms with Crippen LogP contribution < -0.4 is 0 Å². The maximum atomic E-state index is 12.7. The fourth-order valence-corrected chi connectivity index (χ4v) is 6.11.